The van der Waals surface area contributed by atoms with Crippen LogP contribution in [0.25, 0.3) is 22.0 Å². The van der Waals surface area contributed by atoms with Crippen LogP contribution in [0, 0.1) is 0 Å². The molecule has 1 aliphatic heterocycles. The van der Waals surface area contributed by atoms with E-state index in [2.05, 4.69) is 15.3 Å². The number of amides is 1. The first-order chi connectivity index (χ1) is 19.4. The smallest absolute Gasteiger partial charge is 0.255 e. The largest absolute Gasteiger partial charge is 0.321 e. The summed E-state index contributed by atoms with van der Waals surface area (Å²) in [7, 11) is -3.16. The van der Waals surface area contributed by atoms with Crippen LogP contribution in [0.2, 0.25) is 4.34 Å². The van der Waals surface area contributed by atoms with Crippen molar-refractivity contribution in [2.45, 2.75) is 18.9 Å². The number of anilines is 1. The highest BCUT2D eigenvalue weighted by Crippen LogP contribution is 2.40. The molecule has 1 aromatic carbocycles. The molecule has 0 radical (unpaired) electrons. The van der Waals surface area contributed by atoms with Crippen molar-refractivity contribution < 1.29 is 13.2 Å². The standard InChI is InChI=1S/C29H24ClN5O3S2/c30-26-10-9-25(39-26)27-23(16-19-5-3-6-20(15-19)29(36)33-21-7-4-12-31-17-21)28(24-8-1-2-13-32-24)35(34-27)22-11-14-40(37,38)18-22/h1-10,12-13,15,17,22H,11,14,16,18H2,(H,33,36). The van der Waals surface area contributed by atoms with Crippen LogP contribution >= 0.6 is 22.9 Å². The van der Waals surface area contributed by atoms with E-state index >= 15 is 0 Å². The molecule has 11 heteroatoms. The molecular weight excluding hydrogens is 566 g/mol. The lowest BCUT2D eigenvalue weighted by Crippen LogP contribution is -2.14. The lowest BCUT2D eigenvalue weighted by atomic mass is 9.98. The molecule has 1 N–H and O–H groups in total. The van der Waals surface area contributed by atoms with E-state index in [0.29, 0.717) is 34.1 Å². The Morgan fingerprint density at radius 3 is 2.67 bits per heavy atom. The number of hydrogen-bond donors (Lipinski definition) is 1. The molecule has 1 aliphatic rings. The van der Waals surface area contributed by atoms with E-state index in [4.69, 9.17) is 16.7 Å². The maximum atomic E-state index is 13.0. The number of sulfone groups is 1. The van der Waals surface area contributed by atoms with Gasteiger partial charge in [0.25, 0.3) is 5.91 Å². The second-order valence-corrected chi connectivity index (χ2v) is 13.5. The van der Waals surface area contributed by atoms with Crippen LogP contribution in [0.3, 0.4) is 0 Å². The van der Waals surface area contributed by atoms with Gasteiger partial charge in [-0.05, 0) is 60.5 Å². The first-order valence-corrected chi connectivity index (χ1v) is 15.7. The Hall–Kier alpha value is -3.86. The number of nitrogens with zero attached hydrogens (tertiary/aromatic N) is 4. The van der Waals surface area contributed by atoms with Crippen LogP contribution in [0.4, 0.5) is 5.69 Å². The van der Waals surface area contributed by atoms with Crippen molar-refractivity contribution in [3.63, 3.8) is 0 Å². The Morgan fingerprint density at radius 1 is 1.07 bits per heavy atom. The molecule has 0 spiro atoms. The number of halogens is 1. The van der Waals surface area contributed by atoms with Gasteiger partial charge in [0, 0.05) is 29.9 Å². The summed E-state index contributed by atoms with van der Waals surface area (Å²) >= 11 is 7.73. The summed E-state index contributed by atoms with van der Waals surface area (Å²) in [5.41, 5.74) is 5.12. The van der Waals surface area contributed by atoms with E-state index in [1.807, 2.05) is 53.2 Å². The molecule has 4 aromatic heterocycles. The van der Waals surface area contributed by atoms with Crippen molar-refractivity contribution in [2.75, 3.05) is 16.8 Å². The molecule has 1 unspecified atom stereocenters. The van der Waals surface area contributed by atoms with Gasteiger partial charge in [-0.3, -0.25) is 19.4 Å². The second kappa shape index (κ2) is 11.0. The monoisotopic (exact) mass is 589 g/mol. The fourth-order valence-corrected chi connectivity index (χ4v) is 7.70. The predicted molar refractivity (Wildman–Crippen MR) is 158 cm³/mol. The third-order valence-electron chi connectivity index (χ3n) is 6.77. The fourth-order valence-electron chi connectivity index (χ4n) is 4.95. The number of hydrogen-bond acceptors (Lipinski definition) is 7. The zero-order chi connectivity index (χ0) is 27.7. The summed E-state index contributed by atoms with van der Waals surface area (Å²) < 4.78 is 27.3. The number of carbonyl (C=O) groups is 1. The number of thiophene rings is 1. The molecular formula is C29H24ClN5O3S2. The zero-order valence-electron chi connectivity index (χ0n) is 21.2. The molecule has 0 saturated carbocycles. The van der Waals surface area contributed by atoms with Crippen molar-refractivity contribution >= 4 is 44.4 Å². The maximum Gasteiger partial charge on any atom is 0.255 e. The number of pyridine rings is 2. The molecule has 1 saturated heterocycles. The lowest BCUT2D eigenvalue weighted by molar-refractivity contribution is 0.102. The minimum atomic E-state index is -3.16. The molecule has 5 heterocycles. The van der Waals surface area contributed by atoms with Gasteiger partial charge in [-0.2, -0.15) is 5.10 Å². The highest BCUT2D eigenvalue weighted by molar-refractivity contribution is 7.91. The van der Waals surface area contributed by atoms with Crippen molar-refractivity contribution in [1.29, 1.82) is 0 Å². The van der Waals surface area contributed by atoms with E-state index in [-0.39, 0.29) is 23.5 Å². The molecule has 0 bridgehead atoms. The van der Waals surface area contributed by atoms with Gasteiger partial charge in [0.2, 0.25) is 0 Å². The van der Waals surface area contributed by atoms with Crippen LogP contribution in [-0.2, 0) is 16.3 Å². The highest BCUT2D eigenvalue weighted by Gasteiger charge is 2.34. The van der Waals surface area contributed by atoms with Crippen molar-refractivity contribution in [2.24, 2.45) is 0 Å². The molecule has 8 nitrogen and oxygen atoms in total. The van der Waals surface area contributed by atoms with E-state index in [9.17, 15) is 13.2 Å². The quantitative estimate of drug-likeness (QED) is 0.252. The average Bonchev–Trinajstić information content (AvgIpc) is 3.66. The van der Waals surface area contributed by atoms with Crippen LogP contribution in [0.5, 0.6) is 0 Å². The summed E-state index contributed by atoms with van der Waals surface area (Å²) in [5.74, 6) is -0.0809. The minimum Gasteiger partial charge on any atom is -0.321 e. The van der Waals surface area contributed by atoms with Gasteiger partial charge >= 0.3 is 0 Å². The summed E-state index contributed by atoms with van der Waals surface area (Å²) in [4.78, 5) is 22.6. The fraction of sp³-hybridized carbons (Fsp3) is 0.172. The third kappa shape index (κ3) is 5.56. The van der Waals surface area contributed by atoms with E-state index in [0.717, 1.165) is 27.4 Å². The zero-order valence-corrected chi connectivity index (χ0v) is 23.6. The van der Waals surface area contributed by atoms with Gasteiger partial charge in [-0.25, -0.2) is 8.42 Å². The number of aromatic nitrogens is 4. The number of nitrogens with one attached hydrogen (secondary N) is 1. The maximum absolute atomic E-state index is 13.0. The molecule has 1 atom stereocenters. The van der Waals surface area contributed by atoms with Crippen LogP contribution < -0.4 is 5.32 Å². The second-order valence-electron chi connectivity index (χ2n) is 9.57. The number of carbonyl (C=O) groups excluding carboxylic acids is 1. The molecule has 1 amide bonds. The van der Waals surface area contributed by atoms with Crippen molar-refractivity contribution in [1.82, 2.24) is 19.7 Å². The molecule has 40 heavy (non-hydrogen) atoms. The average molecular weight is 590 g/mol. The molecule has 6 rings (SSSR count). The van der Waals surface area contributed by atoms with Gasteiger partial charge < -0.3 is 5.32 Å². The van der Waals surface area contributed by atoms with Crippen LogP contribution in [-0.4, -0.2) is 45.6 Å². The normalized spacial score (nSPS) is 16.2. The number of rotatable bonds is 7. The van der Waals surface area contributed by atoms with Crippen LogP contribution in [0.15, 0.2) is 85.3 Å². The number of benzene rings is 1. The first-order valence-electron chi connectivity index (χ1n) is 12.7. The predicted octanol–water partition coefficient (Wildman–Crippen LogP) is 5.92. The molecule has 5 aromatic rings. The van der Waals surface area contributed by atoms with Crippen molar-refractivity contribution in [3.05, 3.63) is 106 Å². The summed E-state index contributed by atoms with van der Waals surface area (Å²) in [6, 6.07) is 20.1. The molecule has 1 fully saturated rings. The summed E-state index contributed by atoms with van der Waals surface area (Å²) in [5, 5.41) is 7.88. The Morgan fingerprint density at radius 2 is 1.98 bits per heavy atom. The molecule has 0 aliphatic carbocycles. The van der Waals surface area contributed by atoms with E-state index in [1.165, 1.54) is 11.3 Å². The van der Waals surface area contributed by atoms with E-state index < -0.39 is 9.84 Å². The van der Waals surface area contributed by atoms with Gasteiger partial charge in [0.1, 0.15) is 5.69 Å². The highest BCUT2D eigenvalue weighted by atomic mass is 35.5. The first kappa shape index (κ1) is 26.4. The van der Waals surface area contributed by atoms with Crippen LogP contribution in [0.1, 0.15) is 33.9 Å². The minimum absolute atomic E-state index is 0.0303. The Balaban J connectivity index is 1.45. The SMILES string of the molecule is O=C(Nc1cccnc1)c1cccc(Cc2c(-c3ccc(Cl)s3)nn(C3CCS(=O)(=O)C3)c2-c2ccccn2)c1. The molecule has 202 valence electrons. The lowest BCUT2D eigenvalue weighted by Gasteiger charge is -2.14. The Labute approximate surface area is 240 Å². The van der Waals surface area contributed by atoms with Gasteiger partial charge in [0.15, 0.2) is 9.84 Å². The third-order valence-corrected chi connectivity index (χ3v) is 9.75. The Bertz CT molecular complexity index is 1790. The van der Waals surface area contributed by atoms with E-state index in [1.54, 1.807) is 36.8 Å². The Kier molecular flexibility index (Phi) is 7.22. The van der Waals surface area contributed by atoms with Gasteiger partial charge in [-0.1, -0.05) is 29.8 Å². The van der Waals surface area contributed by atoms with Gasteiger partial charge in [-0.15, -0.1) is 11.3 Å². The summed E-state index contributed by atoms with van der Waals surface area (Å²) in [6.45, 7) is 0. The topological polar surface area (TPSA) is 107 Å². The van der Waals surface area contributed by atoms with Gasteiger partial charge in [0.05, 0.1) is 50.0 Å². The van der Waals surface area contributed by atoms with Crippen molar-refractivity contribution in [3.8, 4) is 22.0 Å². The summed E-state index contributed by atoms with van der Waals surface area (Å²) in [6.07, 6.45) is 5.89.